The standard InChI is InChI=1S/C20H19IN2O3/c1-4-26-18-8-5-14(11-19(18)25-3)10-15(12-22)20(24)23-17-7-6-16(21)9-13(17)2/h5-11H,4H2,1-3H3,(H,23,24)/b15-10+. The summed E-state index contributed by atoms with van der Waals surface area (Å²) in [7, 11) is 1.54. The fourth-order valence-corrected chi connectivity index (χ4v) is 2.97. The number of anilines is 1. The zero-order chi connectivity index (χ0) is 19.1. The highest BCUT2D eigenvalue weighted by Gasteiger charge is 2.12. The molecule has 0 aromatic heterocycles. The van der Waals surface area contributed by atoms with Crippen molar-refractivity contribution in [1.82, 2.24) is 0 Å². The van der Waals surface area contributed by atoms with Crippen LogP contribution in [0, 0.1) is 21.8 Å². The number of hydrogen-bond acceptors (Lipinski definition) is 4. The minimum Gasteiger partial charge on any atom is -0.493 e. The molecule has 0 atom stereocenters. The number of ether oxygens (including phenoxy) is 2. The molecule has 1 amide bonds. The molecular weight excluding hydrogens is 443 g/mol. The van der Waals surface area contributed by atoms with E-state index < -0.39 is 5.91 Å². The Balaban J connectivity index is 2.26. The zero-order valence-electron chi connectivity index (χ0n) is 14.8. The van der Waals surface area contributed by atoms with Gasteiger partial charge in [-0.3, -0.25) is 4.79 Å². The zero-order valence-corrected chi connectivity index (χ0v) is 17.0. The van der Waals surface area contributed by atoms with E-state index in [0.717, 1.165) is 9.13 Å². The number of halogens is 1. The van der Waals surface area contributed by atoms with Crippen molar-refractivity contribution in [2.24, 2.45) is 0 Å². The molecule has 2 aromatic carbocycles. The second-order valence-electron chi connectivity index (χ2n) is 5.43. The smallest absolute Gasteiger partial charge is 0.266 e. The Hall–Kier alpha value is -2.53. The van der Waals surface area contributed by atoms with Crippen LogP contribution in [0.15, 0.2) is 42.0 Å². The molecule has 2 rings (SSSR count). The molecule has 0 saturated heterocycles. The van der Waals surface area contributed by atoms with Gasteiger partial charge in [-0.25, -0.2) is 0 Å². The van der Waals surface area contributed by atoms with Crippen LogP contribution in [0.1, 0.15) is 18.1 Å². The van der Waals surface area contributed by atoms with Gasteiger partial charge in [-0.15, -0.1) is 0 Å². The largest absolute Gasteiger partial charge is 0.493 e. The molecule has 134 valence electrons. The lowest BCUT2D eigenvalue weighted by molar-refractivity contribution is -0.112. The third-order valence-corrected chi connectivity index (χ3v) is 4.27. The lowest BCUT2D eigenvalue weighted by atomic mass is 10.1. The number of amides is 1. The summed E-state index contributed by atoms with van der Waals surface area (Å²) in [5, 5.41) is 12.2. The highest BCUT2D eigenvalue weighted by atomic mass is 127. The number of carbonyl (C=O) groups is 1. The highest BCUT2D eigenvalue weighted by Crippen LogP contribution is 2.29. The van der Waals surface area contributed by atoms with Crippen LogP contribution in [0.2, 0.25) is 0 Å². The normalized spacial score (nSPS) is 10.8. The lowest BCUT2D eigenvalue weighted by Gasteiger charge is -2.10. The van der Waals surface area contributed by atoms with Crippen molar-refractivity contribution in [1.29, 1.82) is 5.26 Å². The number of nitrogens with zero attached hydrogens (tertiary/aromatic N) is 1. The Morgan fingerprint density at radius 1 is 1.27 bits per heavy atom. The first-order chi connectivity index (χ1) is 12.5. The first kappa shape index (κ1) is 19.8. The minimum absolute atomic E-state index is 0.00848. The second-order valence-corrected chi connectivity index (χ2v) is 6.67. The van der Waals surface area contributed by atoms with E-state index in [-0.39, 0.29) is 5.57 Å². The maximum atomic E-state index is 12.4. The van der Waals surface area contributed by atoms with Gasteiger partial charge in [0.1, 0.15) is 11.6 Å². The third-order valence-electron chi connectivity index (χ3n) is 3.60. The average Bonchev–Trinajstić information content (AvgIpc) is 2.63. The fourth-order valence-electron chi connectivity index (χ4n) is 2.32. The van der Waals surface area contributed by atoms with Gasteiger partial charge in [-0.2, -0.15) is 5.26 Å². The van der Waals surface area contributed by atoms with E-state index in [9.17, 15) is 10.1 Å². The molecule has 26 heavy (non-hydrogen) atoms. The molecule has 5 nitrogen and oxygen atoms in total. The molecule has 1 N–H and O–H groups in total. The number of nitriles is 1. The van der Waals surface area contributed by atoms with Crippen molar-refractivity contribution in [3.05, 3.63) is 56.7 Å². The second kappa shape index (κ2) is 9.25. The molecular formula is C20H19IN2O3. The van der Waals surface area contributed by atoms with Gasteiger partial charge in [0.05, 0.1) is 13.7 Å². The molecule has 0 aliphatic carbocycles. The number of nitrogens with one attached hydrogen (secondary N) is 1. The minimum atomic E-state index is -0.454. The van der Waals surface area contributed by atoms with Crippen molar-refractivity contribution >= 4 is 40.3 Å². The van der Waals surface area contributed by atoms with E-state index in [2.05, 4.69) is 27.9 Å². The van der Waals surface area contributed by atoms with Crippen LogP contribution in [0.5, 0.6) is 11.5 Å². The molecule has 0 heterocycles. The number of hydrogen-bond donors (Lipinski definition) is 1. The van der Waals surface area contributed by atoms with Gasteiger partial charge in [0.15, 0.2) is 11.5 Å². The van der Waals surface area contributed by atoms with E-state index in [0.29, 0.717) is 29.4 Å². The van der Waals surface area contributed by atoms with Crippen molar-refractivity contribution in [3.8, 4) is 17.6 Å². The van der Waals surface area contributed by atoms with Gasteiger partial charge >= 0.3 is 0 Å². The quantitative estimate of drug-likeness (QED) is 0.389. The molecule has 0 aliphatic rings. The highest BCUT2D eigenvalue weighted by molar-refractivity contribution is 14.1. The van der Waals surface area contributed by atoms with Crippen molar-refractivity contribution in [2.75, 3.05) is 19.0 Å². The monoisotopic (exact) mass is 462 g/mol. The first-order valence-corrected chi connectivity index (χ1v) is 9.06. The summed E-state index contributed by atoms with van der Waals surface area (Å²) in [5.74, 6) is 0.709. The molecule has 0 spiro atoms. The van der Waals surface area contributed by atoms with Gasteiger partial charge < -0.3 is 14.8 Å². The van der Waals surface area contributed by atoms with Gasteiger partial charge in [0.2, 0.25) is 0 Å². The third kappa shape index (κ3) is 4.99. The van der Waals surface area contributed by atoms with Crippen LogP contribution in [0.4, 0.5) is 5.69 Å². The van der Waals surface area contributed by atoms with E-state index in [1.807, 2.05) is 38.1 Å². The van der Waals surface area contributed by atoms with Crippen LogP contribution < -0.4 is 14.8 Å². The number of methoxy groups -OCH3 is 1. The summed E-state index contributed by atoms with van der Waals surface area (Å²) in [6.45, 7) is 4.32. The van der Waals surface area contributed by atoms with E-state index in [1.54, 1.807) is 25.3 Å². The summed E-state index contributed by atoms with van der Waals surface area (Å²) in [5.41, 5.74) is 2.30. The Kier molecular flexibility index (Phi) is 7.04. The molecule has 6 heteroatoms. The van der Waals surface area contributed by atoms with Crippen molar-refractivity contribution in [2.45, 2.75) is 13.8 Å². The predicted octanol–water partition coefficient (Wildman–Crippen LogP) is 4.55. The first-order valence-electron chi connectivity index (χ1n) is 7.98. The lowest BCUT2D eigenvalue weighted by Crippen LogP contribution is -2.14. The van der Waals surface area contributed by atoms with Crippen LogP contribution in [0.3, 0.4) is 0 Å². The molecule has 2 aromatic rings. The SMILES string of the molecule is CCOc1ccc(/C=C(\C#N)C(=O)Nc2ccc(I)cc2C)cc1OC. The number of rotatable bonds is 6. The summed E-state index contributed by atoms with van der Waals surface area (Å²) in [6.07, 6.45) is 1.52. The number of carbonyl (C=O) groups excluding carboxylic acids is 1. The van der Waals surface area contributed by atoms with E-state index in [4.69, 9.17) is 9.47 Å². The van der Waals surface area contributed by atoms with Gasteiger partial charge in [0.25, 0.3) is 5.91 Å². The van der Waals surface area contributed by atoms with Crippen molar-refractivity contribution in [3.63, 3.8) is 0 Å². The summed E-state index contributed by atoms with van der Waals surface area (Å²) >= 11 is 2.21. The number of aryl methyl sites for hydroxylation is 1. The number of benzene rings is 2. The Morgan fingerprint density at radius 2 is 2.04 bits per heavy atom. The van der Waals surface area contributed by atoms with Crippen LogP contribution >= 0.6 is 22.6 Å². The maximum Gasteiger partial charge on any atom is 0.266 e. The average molecular weight is 462 g/mol. The molecule has 0 saturated carbocycles. The Bertz CT molecular complexity index is 885. The molecule has 0 unspecified atom stereocenters. The van der Waals surface area contributed by atoms with Crippen LogP contribution in [-0.4, -0.2) is 19.6 Å². The summed E-state index contributed by atoms with van der Waals surface area (Å²) in [4.78, 5) is 12.4. The molecule has 0 radical (unpaired) electrons. The Morgan fingerprint density at radius 3 is 2.65 bits per heavy atom. The summed E-state index contributed by atoms with van der Waals surface area (Å²) in [6, 6.07) is 12.9. The fraction of sp³-hybridized carbons (Fsp3) is 0.200. The van der Waals surface area contributed by atoms with E-state index >= 15 is 0 Å². The molecule has 0 bridgehead atoms. The molecule has 0 aliphatic heterocycles. The van der Waals surface area contributed by atoms with Gasteiger partial charge in [0, 0.05) is 9.26 Å². The maximum absolute atomic E-state index is 12.4. The van der Waals surface area contributed by atoms with E-state index in [1.165, 1.54) is 6.08 Å². The Labute approximate surface area is 166 Å². The van der Waals surface area contributed by atoms with Gasteiger partial charge in [-0.05, 0) is 84.0 Å². The van der Waals surface area contributed by atoms with Crippen LogP contribution in [0.25, 0.3) is 6.08 Å². The van der Waals surface area contributed by atoms with Gasteiger partial charge in [-0.1, -0.05) is 6.07 Å². The predicted molar refractivity (Wildman–Crippen MR) is 110 cm³/mol. The van der Waals surface area contributed by atoms with Crippen molar-refractivity contribution < 1.29 is 14.3 Å². The van der Waals surface area contributed by atoms with Crippen LogP contribution in [-0.2, 0) is 4.79 Å². The topological polar surface area (TPSA) is 71.3 Å². The molecule has 0 fully saturated rings. The summed E-state index contributed by atoms with van der Waals surface area (Å²) < 4.78 is 11.9.